The third-order valence-corrected chi connectivity index (χ3v) is 8.37. The summed E-state index contributed by atoms with van der Waals surface area (Å²) in [6.45, 7) is 7.47. The summed E-state index contributed by atoms with van der Waals surface area (Å²) in [5, 5.41) is 2.89. The van der Waals surface area contributed by atoms with Crippen LogP contribution in [-0.4, -0.2) is 38.9 Å². The molecule has 4 rings (SSSR count). The van der Waals surface area contributed by atoms with E-state index >= 15 is 0 Å². The normalized spacial score (nSPS) is 14.2. The Hall–Kier alpha value is -3.16. The Morgan fingerprint density at radius 2 is 1.50 bits per heavy atom. The lowest BCUT2D eigenvalue weighted by Gasteiger charge is -2.24. The van der Waals surface area contributed by atoms with Gasteiger partial charge in [-0.3, -0.25) is 14.0 Å². The summed E-state index contributed by atoms with van der Waals surface area (Å²) in [7, 11) is -3.91. The predicted molar refractivity (Wildman–Crippen MR) is 144 cm³/mol. The average Bonchev–Trinajstić information content (AvgIpc) is 3.40. The molecule has 36 heavy (non-hydrogen) atoms. The highest BCUT2D eigenvalue weighted by atomic mass is 32.2. The highest BCUT2D eigenvalue weighted by Crippen LogP contribution is 2.26. The molecule has 0 radical (unpaired) electrons. The fraction of sp³-hybridized carbons (Fsp3) is 0.345. The molecule has 6 nitrogen and oxygen atoms in total. The highest BCUT2D eigenvalue weighted by molar-refractivity contribution is 7.92. The molecule has 1 heterocycles. The number of carbonyl (C=O) groups is 1. The van der Waals surface area contributed by atoms with Gasteiger partial charge in [-0.05, 0) is 72.8 Å². The molecule has 1 amide bonds. The van der Waals surface area contributed by atoms with Crippen LogP contribution in [-0.2, 0) is 27.9 Å². The molecule has 0 aromatic heterocycles. The first-order valence-corrected chi connectivity index (χ1v) is 14.0. The number of hydrogen-bond donors (Lipinski definition) is 1. The largest absolute Gasteiger partial charge is 0.350 e. The van der Waals surface area contributed by atoms with Gasteiger partial charge in [-0.2, -0.15) is 0 Å². The van der Waals surface area contributed by atoms with Crippen molar-refractivity contribution >= 4 is 21.6 Å². The van der Waals surface area contributed by atoms with Crippen molar-refractivity contribution in [3.05, 3.63) is 95.6 Å². The van der Waals surface area contributed by atoms with Crippen molar-refractivity contribution in [3.8, 4) is 0 Å². The lowest BCUT2D eigenvalue weighted by Crippen LogP contribution is -2.40. The van der Waals surface area contributed by atoms with E-state index in [1.165, 1.54) is 22.7 Å². The topological polar surface area (TPSA) is 69.7 Å². The number of anilines is 1. The maximum absolute atomic E-state index is 13.5. The Kier molecular flexibility index (Phi) is 8.44. The molecular formula is C29H35N3O3S. The fourth-order valence-corrected chi connectivity index (χ4v) is 5.85. The second-order valence-corrected chi connectivity index (χ2v) is 11.5. The van der Waals surface area contributed by atoms with Gasteiger partial charge >= 0.3 is 0 Å². The van der Waals surface area contributed by atoms with Crippen molar-refractivity contribution in [1.29, 1.82) is 0 Å². The van der Waals surface area contributed by atoms with Gasteiger partial charge < -0.3 is 5.32 Å². The van der Waals surface area contributed by atoms with Crippen molar-refractivity contribution in [1.82, 2.24) is 10.2 Å². The van der Waals surface area contributed by atoms with Gasteiger partial charge in [0, 0.05) is 13.1 Å². The van der Waals surface area contributed by atoms with E-state index in [0.717, 1.165) is 30.8 Å². The van der Waals surface area contributed by atoms with Gasteiger partial charge in [0.2, 0.25) is 5.91 Å². The zero-order chi connectivity index (χ0) is 25.5. The summed E-state index contributed by atoms with van der Waals surface area (Å²) in [5.74, 6) is -0.0353. The van der Waals surface area contributed by atoms with Crippen LogP contribution in [0.15, 0.2) is 83.8 Å². The van der Waals surface area contributed by atoms with E-state index in [4.69, 9.17) is 0 Å². The molecule has 0 bridgehead atoms. The molecule has 1 aliphatic rings. The van der Waals surface area contributed by atoms with Crippen LogP contribution in [0.4, 0.5) is 5.69 Å². The number of hydrogen-bond acceptors (Lipinski definition) is 4. The van der Waals surface area contributed by atoms with Gasteiger partial charge in [-0.1, -0.05) is 68.4 Å². The summed E-state index contributed by atoms with van der Waals surface area (Å²) in [6, 6.07) is 23.8. The summed E-state index contributed by atoms with van der Waals surface area (Å²) in [6.07, 6.45) is 2.53. The smallest absolute Gasteiger partial charge is 0.264 e. The molecule has 0 atom stereocenters. The third-order valence-electron chi connectivity index (χ3n) is 6.58. The Balaban J connectivity index is 1.45. The lowest BCUT2D eigenvalue weighted by molar-refractivity contribution is -0.119. The molecule has 0 saturated carbocycles. The summed E-state index contributed by atoms with van der Waals surface area (Å²) < 4.78 is 28.1. The Morgan fingerprint density at radius 1 is 0.889 bits per heavy atom. The van der Waals surface area contributed by atoms with Gasteiger partial charge in [0.15, 0.2) is 0 Å². The van der Waals surface area contributed by atoms with Crippen LogP contribution < -0.4 is 9.62 Å². The highest BCUT2D eigenvalue weighted by Gasteiger charge is 2.27. The molecule has 7 heteroatoms. The van der Waals surface area contributed by atoms with E-state index in [-0.39, 0.29) is 17.3 Å². The maximum Gasteiger partial charge on any atom is 0.264 e. The van der Waals surface area contributed by atoms with Gasteiger partial charge in [0.05, 0.1) is 10.6 Å². The first-order valence-electron chi connectivity index (χ1n) is 12.6. The van der Waals surface area contributed by atoms with E-state index in [1.807, 2.05) is 24.3 Å². The SMILES string of the molecule is CC(C)c1ccc(N(CC(=O)NCc2ccc(CN3CCCC3)cc2)S(=O)(=O)c2ccccc2)cc1. The molecule has 1 fully saturated rings. The summed E-state index contributed by atoms with van der Waals surface area (Å²) in [5.41, 5.74) is 3.81. The zero-order valence-electron chi connectivity index (χ0n) is 21.1. The van der Waals surface area contributed by atoms with E-state index in [1.54, 1.807) is 42.5 Å². The number of benzene rings is 3. The zero-order valence-corrected chi connectivity index (χ0v) is 21.9. The van der Waals surface area contributed by atoms with Crippen LogP contribution in [0.5, 0.6) is 0 Å². The molecule has 190 valence electrons. The second-order valence-electron chi connectivity index (χ2n) is 9.65. The summed E-state index contributed by atoms with van der Waals surface area (Å²) >= 11 is 0. The van der Waals surface area contributed by atoms with Crippen LogP contribution in [0.1, 0.15) is 49.3 Å². The quantitative estimate of drug-likeness (QED) is 0.425. The molecule has 1 saturated heterocycles. The molecular weight excluding hydrogens is 470 g/mol. The molecule has 1 N–H and O–H groups in total. The Bertz CT molecular complexity index is 1240. The van der Waals surface area contributed by atoms with Crippen molar-refractivity contribution in [2.45, 2.75) is 50.6 Å². The van der Waals surface area contributed by atoms with Crippen LogP contribution in [0.2, 0.25) is 0 Å². The Labute approximate surface area is 215 Å². The van der Waals surface area contributed by atoms with Crippen molar-refractivity contribution in [3.63, 3.8) is 0 Å². The number of rotatable bonds is 10. The second kappa shape index (κ2) is 11.7. The first kappa shape index (κ1) is 25.9. The minimum Gasteiger partial charge on any atom is -0.350 e. The summed E-state index contributed by atoms with van der Waals surface area (Å²) in [4.78, 5) is 15.5. The predicted octanol–water partition coefficient (Wildman–Crippen LogP) is 4.92. The van der Waals surface area contributed by atoms with Crippen LogP contribution >= 0.6 is 0 Å². The van der Waals surface area contributed by atoms with Crippen molar-refractivity contribution in [2.24, 2.45) is 0 Å². The Morgan fingerprint density at radius 3 is 2.11 bits per heavy atom. The number of amides is 1. The fourth-order valence-electron chi connectivity index (χ4n) is 4.41. The van der Waals surface area contributed by atoms with Gasteiger partial charge in [0.25, 0.3) is 10.0 Å². The lowest BCUT2D eigenvalue weighted by atomic mass is 10.0. The third kappa shape index (κ3) is 6.53. The molecule has 1 aliphatic heterocycles. The monoisotopic (exact) mass is 505 g/mol. The van der Waals surface area contributed by atoms with E-state index < -0.39 is 10.0 Å². The minimum absolute atomic E-state index is 0.152. The van der Waals surface area contributed by atoms with Gasteiger partial charge in [-0.25, -0.2) is 8.42 Å². The average molecular weight is 506 g/mol. The van der Waals surface area contributed by atoms with E-state index in [0.29, 0.717) is 18.2 Å². The maximum atomic E-state index is 13.5. The number of sulfonamides is 1. The molecule has 3 aromatic rings. The van der Waals surface area contributed by atoms with Gasteiger partial charge in [-0.15, -0.1) is 0 Å². The van der Waals surface area contributed by atoms with Crippen molar-refractivity contribution in [2.75, 3.05) is 23.9 Å². The molecule has 3 aromatic carbocycles. The number of carbonyl (C=O) groups excluding carboxylic acids is 1. The number of nitrogens with one attached hydrogen (secondary N) is 1. The van der Waals surface area contributed by atoms with Crippen LogP contribution in [0.25, 0.3) is 0 Å². The molecule has 0 aliphatic carbocycles. The van der Waals surface area contributed by atoms with E-state index in [9.17, 15) is 13.2 Å². The number of likely N-dealkylation sites (tertiary alicyclic amines) is 1. The number of nitrogens with zero attached hydrogens (tertiary/aromatic N) is 2. The van der Waals surface area contributed by atoms with Crippen LogP contribution in [0.3, 0.4) is 0 Å². The molecule has 0 unspecified atom stereocenters. The van der Waals surface area contributed by atoms with Crippen LogP contribution in [0, 0.1) is 0 Å². The van der Waals surface area contributed by atoms with E-state index in [2.05, 4.69) is 36.2 Å². The molecule has 0 spiro atoms. The first-order chi connectivity index (χ1) is 17.3. The standard InChI is InChI=1S/C29H35N3O3S/c1-23(2)26-14-16-27(17-15-26)32(36(34,35)28-8-4-3-5-9-28)22-29(33)30-20-24-10-12-25(13-11-24)21-31-18-6-7-19-31/h3-5,8-17,23H,6-7,18-22H2,1-2H3,(H,30,33). The van der Waals surface area contributed by atoms with Crippen molar-refractivity contribution < 1.29 is 13.2 Å². The van der Waals surface area contributed by atoms with Gasteiger partial charge in [0.1, 0.15) is 6.54 Å². The minimum atomic E-state index is -3.91.